The number of hydrogen-bond donors (Lipinski definition) is 2. The zero-order valence-corrected chi connectivity index (χ0v) is 14.1. The summed E-state index contributed by atoms with van der Waals surface area (Å²) in [4.78, 5) is 16.3. The van der Waals surface area contributed by atoms with Gasteiger partial charge in [-0.3, -0.25) is 4.79 Å². The molecule has 0 radical (unpaired) electrons. The van der Waals surface area contributed by atoms with Gasteiger partial charge in [-0.1, -0.05) is 38.1 Å². The molecular formula is C19H25N3O. The van der Waals surface area contributed by atoms with Crippen molar-refractivity contribution in [1.29, 1.82) is 0 Å². The van der Waals surface area contributed by atoms with Crippen LogP contribution in [-0.4, -0.2) is 17.4 Å². The maximum absolute atomic E-state index is 12.0. The van der Waals surface area contributed by atoms with Crippen LogP contribution < -0.4 is 10.6 Å². The standard InChI is InChI=1S/C19H25N3O/c1-14(2)10-11-20-19(23)17-8-9-18(22-13-17)21-12-16-7-5-4-6-15(16)3/h4-9,13-14H,10-12H2,1-3H3,(H,20,23)(H,21,22). The van der Waals surface area contributed by atoms with Gasteiger partial charge in [0.2, 0.25) is 0 Å². The Morgan fingerprint density at radius 2 is 1.96 bits per heavy atom. The summed E-state index contributed by atoms with van der Waals surface area (Å²) < 4.78 is 0. The van der Waals surface area contributed by atoms with Gasteiger partial charge in [-0.25, -0.2) is 4.98 Å². The number of carbonyl (C=O) groups excluding carboxylic acids is 1. The van der Waals surface area contributed by atoms with Gasteiger partial charge in [0.15, 0.2) is 0 Å². The van der Waals surface area contributed by atoms with Crippen LogP contribution in [-0.2, 0) is 6.54 Å². The normalized spacial score (nSPS) is 10.6. The van der Waals surface area contributed by atoms with Crippen LogP contribution in [0.25, 0.3) is 0 Å². The monoisotopic (exact) mass is 311 g/mol. The highest BCUT2D eigenvalue weighted by atomic mass is 16.1. The summed E-state index contributed by atoms with van der Waals surface area (Å²) in [5.74, 6) is 1.29. The highest BCUT2D eigenvalue weighted by Crippen LogP contribution is 2.11. The van der Waals surface area contributed by atoms with E-state index in [1.807, 2.05) is 18.2 Å². The van der Waals surface area contributed by atoms with E-state index in [1.165, 1.54) is 11.1 Å². The molecule has 0 saturated heterocycles. The van der Waals surface area contributed by atoms with Gasteiger partial charge >= 0.3 is 0 Å². The van der Waals surface area contributed by atoms with Crippen LogP contribution in [0.4, 0.5) is 5.82 Å². The van der Waals surface area contributed by atoms with Crippen LogP contribution in [0.3, 0.4) is 0 Å². The van der Waals surface area contributed by atoms with Crippen LogP contribution in [0.15, 0.2) is 42.6 Å². The van der Waals surface area contributed by atoms with Crippen molar-refractivity contribution in [2.45, 2.75) is 33.7 Å². The number of carbonyl (C=O) groups is 1. The molecule has 0 unspecified atom stereocenters. The predicted octanol–water partition coefficient (Wildman–Crippen LogP) is 3.78. The maximum atomic E-state index is 12.0. The number of nitrogens with zero attached hydrogens (tertiary/aromatic N) is 1. The van der Waals surface area contributed by atoms with Crippen LogP contribution in [0, 0.1) is 12.8 Å². The first kappa shape index (κ1) is 17.0. The second-order valence-corrected chi connectivity index (χ2v) is 6.15. The molecule has 0 bridgehead atoms. The van der Waals surface area contributed by atoms with E-state index in [9.17, 15) is 4.79 Å². The number of aromatic nitrogens is 1. The fraction of sp³-hybridized carbons (Fsp3) is 0.368. The Bertz CT molecular complexity index is 635. The third-order valence-corrected chi connectivity index (χ3v) is 3.75. The first-order valence-corrected chi connectivity index (χ1v) is 8.09. The summed E-state index contributed by atoms with van der Waals surface area (Å²) in [6.07, 6.45) is 2.60. The molecule has 2 rings (SSSR count). The summed E-state index contributed by atoms with van der Waals surface area (Å²) in [5.41, 5.74) is 3.08. The third kappa shape index (κ3) is 5.40. The van der Waals surface area contributed by atoms with Crippen LogP contribution >= 0.6 is 0 Å². The van der Waals surface area contributed by atoms with E-state index in [4.69, 9.17) is 0 Å². The van der Waals surface area contributed by atoms with Crippen molar-refractivity contribution in [2.24, 2.45) is 5.92 Å². The first-order valence-electron chi connectivity index (χ1n) is 8.09. The molecule has 0 saturated carbocycles. The molecular weight excluding hydrogens is 286 g/mol. The highest BCUT2D eigenvalue weighted by Gasteiger charge is 2.06. The van der Waals surface area contributed by atoms with E-state index in [-0.39, 0.29) is 5.91 Å². The van der Waals surface area contributed by atoms with Gasteiger partial charge in [-0.2, -0.15) is 0 Å². The van der Waals surface area contributed by atoms with E-state index in [1.54, 1.807) is 12.3 Å². The Balaban J connectivity index is 1.87. The number of hydrogen-bond acceptors (Lipinski definition) is 3. The number of aryl methyl sites for hydroxylation is 1. The fourth-order valence-electron chi connectivity index (χ4n) is 2.20. The van der Waals surface area contributed by atoms with Gasteiger partial charge in [0.05, 0.1) is 5.56 Å². The van der Waals surface area contributed by atoms with Crippen molar-refractivity contribution in [3.05, 3.63) is 59.3 Å². The summed E-state index contributed by atoms with van der Waals surface area (Å²) in [6, 6.07) is 11.9. The van der Waals surface area contributed by atoms with E-state index in [2.05, 4.69) is 48.5 Å². The van der Waals surface area contributed by atoms with Gasteiger partial charge in [0.25, 0.3) is 5.91 Å². The highest BCUT2D eigenvalue weighted by molar-refractivity contribution is 5.94. The Labute approximate surface area is 138 Å². The van der Waals surface area contributed by atoms with Crippen LogP contribution in [0.2, 0.25) is 0 Å². The number of rotatable bonds is 7. The Kier molecular flexibility index (Phi) is 6.15. The lowest BCUT2D eigenvalue weighted by molar-refractivity contribution is 0.0951. The van der Waals surface area contributed by atoms with Crippen molar-refractivity contribution in [2.75, 3.05) is 11.9 Å². The lowest BCUT2D eigenvalue weighted by Crippen LogP contribution is -2.25. The average molecular weight is 311 g/mol. The predicted molar refractivity (Wildman–Crippen MR) is 94.5 cm³/mol. The minimum atomic E-state index is -0.0661. The van der Waals surface area contributed by atoms with Crippen molar-refractivity contribution in [3.63, 3.8) is 0 Å². The quantitative estimate of drug-likeness (QED) is 0.818. The van der Waals surface area contributed by atoms with Crippen molar-refractivity contribution < 1.29 is 4.79 Å². The molecule has 0 aliphatic rings. The van der Waals surface area contributed by atoms with Crippen molar-refractivity contribution in [3.8, 4) is 0 Å². The number of nitrogens with one attached hydrogen (secondary N) is 2. The summed E-state index contributed by atoms with van der Waals surface area (Å²) in [7, 11) is 0. The van der Waals surface area contributed by atoms with E-state index >= 15 is 0 Å². The molecule has 2 aromatic rings. The molecule has 1 amide bonds. The van der Waals surface area contributed by atoms with Gasteiger partial charge in [0.1, 0.15) is 5.82 Å². The number of anilines is 1. The Morgan fingerprint density at radius 1 is 1.17 bits per heavy atom. The molecule has 0 spiro atoms. The van der Waals surface area contributed by atoms with Crippen molar-refractivity contribution in [1.82, 2.24) is 10.3 Å². The van der Waals surface area contributed by atoms with Gasteiger partial charge in [-0.15, -0.1) is 0 Å². The molecule has 4 heteroatoms. The topological polar surface area (TPSA) is 54.0 Å². The molecule has 1 heterocycles. The molecule has 122 valence electrons. The van der Waals surface area contributed by atoms with Crippen LogP contribution in [0.5, 0.6) is 0 Å². The zero-order chi connectivity index (χ0) is 16.7. The molecule has 1 aromatic heterocycles. The summed E-state index contributed by atoms with van der Waals surface area (Å²) in [5, 5.41) is 6.20. The second-order valence-electron chi connectivity index (χ2n) is 6.15. The lowest BCUT2D eigenvalue weighted by Gasteiger charge is -2.09. The zero-order valence-electron chi connectivity index (χ0n) is 14.1. The second kappa shape index (κ2) is 8.32. The molecule has 1 aromatic carbocycles. The van der Waals surface area contributed by atoms with E-state index in [0.29, 0.717) is 18.0 Å². The molecule has 0 atom stereocenters. The summed E-state index contributed by atoms with van der Waals surface area (Å²) >= 11 is 0. The van der Waals surface area contributed by atoms with Crippen LogP contribution in [0.1, 0.15) is 41.8 Å². The largest absolute Gasteiger partial charge is 0.366 e. The molecule has 23 heavy (non-hydrogen) atoms. The fourth-order valence-corrected chi connectivity index (χ4v) is 2.20. The smallest absolute Gasteiger partial charge is 0.252 e. The van der Waals surface area contributed by atoms with E-state index < -0.39 is 0 Å². The van der Waals surface area contributed by atoms with Gasteiger partial charge in [0, 0.05) is 19.3 Å². The first-order chi connectivity index (χ1) is 11.1. The molecule has 0 fully saturated rings. The molecule has 4 nitrogen and oxygen atoms in total. The number of benzene rings is 1. The molecule has 2 N–H and O–H groups in total. The number of pyridine rings is 1. The minimum absolute atomic E-state index is 0.0661. The molecule has 0 aliphatic heterocycles. The summed E-state index contributed by atoms with van der Waals surface area (Å²) in [6.45, 7) is 7.80. The lowest BCUT2D eigenvalue weighted by atomic mass is 10.1. The number of amides is 1. The van der Waals surface area contributed by atoms with E-state index in [0.717, 1.165) is 18.8 Å². The SMILES string of the molecule is Cc1ccccc1CNc1ccc(C(=O)NCCC(C)C)cn1. The van der Waals surface area contributed by atoms with Crippen molar-refractivity contribution >= 4 is 11.7 Å². The average Bonchev–Trinajstić information content (AvgIpc) is 2.54. The van der Waals surface area contributed by atoms with Gasteiger partial charge in [-0.05, 0) is 42.5 Å². The molecule has 0 aliphatic carbocycles. The van der Waals surface area contributed by atoms with Gasteiger partial charge < -0.3 is 10.6 Å². The maximum Gasteiger partial charge on any atom is 0.252 e. The third-order valence-electron chi connectivity index (χ3n) is 3.75. The Morgan fingerprint density at radius 3 is 2.61 bits per heavy atom. The Hall–Kier alpha value is -2.36. The minimum Gasteiger partial charge on any atom is -0.366 e.